The molecule has 2 unspecified atom stereocenters. The Morgan fingerprint density at radius 2 is 1.86 bits per heavy atom. The predicted molar refractivity (Wildman–Crippen MR) is 84.9 cm³/mol. The van der Waals surface area contributed by atoms with E-state index in [2.05, 4.69) is 35.9 Å². The van der Waals surface area contributed by atoms with E-state index in [1.165, 1.54) is 32.4 Å². The second kappa shape index (κ2) is 5.88. The van der Waals surface area contributed by atoms with Gasteiger partial charge in [0.15, 0.2) is 0 Å². The molecule has 3 fully saturated rings. The van der Waals surface area contributed by atoms with E-state index in [9.17, 15) is 4.79 Å². The topological polar surface area (TPSA) is 35.6 Å². The molecular weight excluding hydrogens is 262 g/mol. The van der Waals surface area contributed by atoms with E-state index in [4.69, 9.17) is 0 Å². The first-order valence-electron chi connectivity index (χ1n) is 8.85. The van der Waals surface area contributed by atoms with Gasteiger partial charge in [-0.15, -0.1) is 0 Å². The van der Waals surface area contributed by atoms with Crippen molar-refractivity contribution >= 4 is 5.91 Å². The third kappa shape index (κ3) is 3.11. The first kappa shape index (κ1) is 15.3. The van der Waals surface area contributed by atoms with Crippen molar-refractivity contribution in [2.75, 3.05) is 19.6 Å². The molecule has 3 aliphatic rings. The van der Waals surface area contributed by atoms with E-state index in [1.807, 2.05) is 0 Å². The Hall–Kier alpha value is -0.610. The molecule has 0 aromatic rings. The molecule has 4 nitrogen and oxygen atoms in total. The average Bonchev–Trinajstić information content (AvgIpc) is 3.14. The van der Waals surface area contributed by atoms with E-state index in [1.54, 1.807) is 0 Å². The number of hydrogen-bond donors (Lipinski definition) is 1. The second-order valence-corrected chi connectivity index (χ2v) is 7.79. The van der Waals surface area contributed by atoms with Gasteiger partial charge in [0.25, 0.3) is 0 Å². The van der Waals surface area contributed by atoms with Crippen LogP contribution in [0.25, 0.3) is 0 Å². The highest BCUT2D eigenvalue weighted by atomic mass is 16.2. The number of amides is 1. The minimum atomic E-state index is -0.171. The molecule has 0 radical (unpaired) electrons. The minimum absolute atomic E-state index is 0.171. The zero-order valence-corrected chi connectivity index (χ0v) is 13.9. The molecule has 2 saturated heterocycles. The summed E-state index contributed by atoms with van der Waals surface area (Å²) in [5.74, 6) is 0.992. The van der Waals surface area contributed by atoms with Gasteiger partial charge in [-0.25, -0.2) is 0 Å². The molecule has 2 atom stereocenters. The number of nitrogens with one attached hydrogen (secondary N) is 1. The van der Waals surface area contributed by atoms with Crippen molar-refractivity contribution in [1.82, 2.24) is 15.1 Å². The second-order valence-electron chi connectivity index (χ2n) is 7.79. The lowest BCUT2D eigenvalue weighted by Crippen LogP contribution is -2.49. The molecule has 1 N–H and O–H groups in total. The monoisotopic (exact) mass is 293 g/mol. The summed E-state index contributed by atoms with van der Waals surface area (Å²) in [6.45, 7) is 10.2. The number of nitrogens with zero attached hydrogens (tertiary/aromatic N) is 2. The van der Waals surface area contributed by atoms with Gasteiger partial charge in [-0.3, -0.25) is 10.1 Å². The summed E-state index contributed by atoms with van der Waals surface area (Å²) in [6.07, 6.45) is 7.39. The summed E-state index contributed by atoms with van der Waals surface area (Å²) in [5.41, 5.74) is -0.171. The maximum absolute atomic E-state index is 12.8. The summed E-state index contributed by atoms with van der Waals surface area (Å²) in [6, 6.07) is 0.326. The molecule has 1 amide bonds. The van der Waals surface area contributed by atoms with E-state index in [0.717, 1.165) is 25.8 Å². The number of rotatable bonds is 5. The highest BCUT2D eigenvalue weighted by molar-refractivity contribution is 5.92. The molecular formula is C17H31N3O. The Labute approximate surface area is 129 Å². The van der Waals surface area contributed by atoms with Gasteiger partial charge >= 0.3 is 0 Å². The molecule has 2 heterocycles. The number of carbonyl (C=O) groups is 1. The third-order valence-corrected chi connectivity index (χ3v) is 5.31. The Morgan fingerprint density at radius 3 is 2.43 bits per heavy atom. The fraction of sp³-hybridized carbons (Fsp3) is 0.941. The fourth-order valence-electron chi connectivity index (χ4n) is 4.05. The van der Waals surface area contributed by atoms with Gasteiger partial charge in [-0.2, -0.15) is 0 Å². The molecule has 1 aliphatic carbocycles. The summed E-state index contributed by atoms with van der Waals surface area (Å²) >= 11 is 0. The van der Waals surface area contributed by atoms with Crippen molar-refractivity contribution in [3.8, 4) is 0 Å². The van der Waals surface area contributed by atoms with E-state index < -0.39 is 0 Å². The average molecular weight is 293 g/mol. The molecule has 3 rings (SSSR count). The fourth-order valence-corrected chi connectivity index (χ4v) is 4.05. The van der Waals surface area contributed by atoms with Crippen molar-refractivity contribution in [2.45, 2.75) is 77.0 Å². The lowest BCUT2D eigenvalue weighted by atomic mass is 10.1. The minimum Gasteiger partial charge on any atom is -0.322 e. The van der Waals surface area contributed by atoms with E-state index >= 15 is 0 Å². The van der Waals surface area contributed by atoms with Crippen LogP contribution in [-0.4, -0.2) is 53.1 Å². The van der Waals surface area contributed by atoms with Gasteiger partial charge in [0.2, 0.25) is 5.91 Å². The Bertz CT molecular complexity index is 385. The maximum atomic E-state index is 12.8. The van der Waals surface area contributed by atoms with Gasteiger partial charge in [0, 0.05) is 12.6 Å². The van der Waals surface area contributed by atoms with Crippen molar-refractivity contribution in [3.05, 3.63) is 0 Å². The lowest BCUT2D eigenvalue weighted by molar-refractivity contribution is -0.133. The molecule has 21 heavy (non-hydrogen) atoms. The van der Waals surface area contributed by atoms with Gasteiger partial charge in [0.1, 0.15) is 0 Å². The van der Waals surface area contributed by atoms with Crippen molar-refractivity contribution in [1.29, 1.82) is 0 Å². The van der Waals surface area contributed by atoms with Crippen LogP contribution in [0.2, 0.25) is 0 Å². The smallest absolute Gasteiger partial charge is 0.244 e. The van der Waals surface area contributed by atoms with E-state index in [0.29, 0.717) is 17.9 Å². The van der Waals surface area contributed by atoms with Gasteiger partial charge in [-0.1, -0.05) is 20.3 Å². The predicted octanol–water partition coefficient (Wildman–Crippen LogP) is 2.20. The first-order valence-corrected chi connectivity index (χ1v) is 8.85. The Morgan fingerprint density at radius 1 is 1.19 bits per heavy atom. The van der Waals surface area contributed by atoms with Gasteiger partial charge in [-0.05, 0) is 58.0 Å². The summed E-state index contributed by atoms with van der Waals surface area (Å²) in [5, 5.41) is 3.65. The number of carbonyl (C=O) groups excluding carboxylic acids is 1. The first-order chi connectivity index (χ1) is 10.0. The summed E-state index contributed by atoms with van der Waals surface area (Å²) < 4.78 is 0. The largest absolute Gasteiger partial charge is 0.322 e. The normalized spacial score (nSPS) is 30.4. The van der Waals surface area contributed by atoms with Crippen LogP contribution in [0.4, 0.5) is 0 Å². The van der Waals surface area contributed by atoms with Crippen LogP contribution in [0.15, 0.2) is 0 Å². The molecule has 0 bridgehead atoms. The van der Waals surface area contributed by atoms with E-state index in [-0.39, 0.29) is 11.7 Å². The molecule has 120 valence electrons. The number of hydrogen-bond acceptors (Lipinski definition) is 3. The molecule has 0 aromatic carbocycles. The van der Waals surface area contributed by atoms with Crippen LogP contribution in [0, 0.1) is 5.92 Å². The summed E-state index contributed by atoms with van der Waals surface area (Å²) in [4.78, 5) is 17.5. The number of likely N-dealkylation sites (tertiary alicyclic amines) is 1. The molecule has 0 aromatic heterocycles. The van der Waals surface area contributed by atoms with Crippen LogP contribution in [-0.2, 0) is 4.79 Å². The van der Waals surface area contributed by atoms with Crippen molar-refractivity contribution < 1.29 is 4.79 Å². The van der Waals surface area contributed by atoms with Crippen LogP contribution in [0.3, 0.4) is 0 Å². The maximum Gasteiger partial charge on any atom is 0.244 e. The van der Waals surface area contributed by atoms with Gasteiger partial charge < -0.3 is 9.80 Å². The lowest BCUT2D eigenvalue weighted by Gasteiger charge is -2.36. The Kier molecular flexibility index (Phi) is 4.28. The van der Waals surface area contributed by atoms with Gasteiger partial charge in [0.05, 0.1) is 11.7 Å². The van der Waals surface area contributed by atoms with Crippen molar-refractivity contribution in [2.24, 2.45) is 5.92 Å². The number of piperidine rings is 1. The third-order valence-electron chi connectivity index (χ3n) is 5.31. The van der Waals surface area contributed by atoms with Crippen LogP contribution in [0.5, 0.6) is 0 Å². The highest BCUT2D eigenvalue weighted by Gasteiger charge is 2.59. The van der Waals surface area contributed by atoms with Crippen LogP contribution in [0.1, 0.15) is 59.3 Å². The molecule has 1 saturated carbocycles. The molecule has 1 spiro atoms. The van der Waals surface area contributed by atoms with Crippen LogP contribution < -0.4 is 5.32 Å². The standard InChI is InChI=1S/C17H31N3O/c1-13(2)11-15-18-17(7-8-17)16(21)20(15)14(3)12-19-9-5-4-6-10-19/h13-15,18H,4-12H2,1-3H3. The zero-order chi connectivity index (χ0) is 15.0. The highest BCUT2D eigenvalue weighted by Crippen LogP contribution is 2.43. The quantitative estimate of drug-likeness (QED) is 0.844. The molecule has 4 heteroatoms. The summed E-state index contributed by atoms with van der Waals surface area (Å²) in [7, 11) is 0. The zero-order valence-electron chi connectivity index (χ0n) is 13.9. The Balaban J connectivity index is 1.66. The van der Waals surface area contributed by atoms with Crippen molar-refractivity contribution in [3.63, 3.8) is 0 Å². The SMILES string of the molecule is CC(C)CC1NC2(CC2)C(=O)N1C(C)CN1CCCCC1. The molecule has 2 aliphatic heterocycles. The van der Waals surface area contributed by atoms with Crippen LogP contribution >= 0.6 is 0 Å².